The number of aliphatic hydroxyl groups is 1. The lowest BCUT2D eigenvalue weighted by atomic mass is 9.85. The van der Waals surface area contributed by atoms with Crippen LogP contribution in [0.1, 0.15) is 42.1 Å². The second-order valence-corrected chi connectivity index (χ2v) is 11.1. The van der Waals surface area contributed by atoms with Crippen molar-refractivity contribution in [3.05, 3.63) is 90.2 Å². The molecular formula is C28H31N3O4S. The summed E-state index contributed by atoms with van der Waals surface area (Å²) in [5.41, 5.74) is 2.15. The highest BCUT2D eigenvalue weighted by Crippen LogP contribution is 2.30. The zero-order valence-electron chi connectivity index (χ0n) is 20.6. The van der Waals surface area contributed by atoms with Gasteiger partial charge in [0, 0.05) is 30.2 Å². The van der Waals surface area contributed by atoms with Crippen LogP contribution < -0.4 is 4.72 Å². The molecule has 1 aromatic heterocycles. The number of para-hydroxylation sites is 1. The van der Waals surface area contributed by atoms with Crippen molar-refractivity contribution in [1.82, 2.24) is 9.88 Å². The van der Waals surface area contributed by atoms with Gasteiger partial charge in [-0.05, 0) is 69.0 Å². The second kappa shape index (κ2) is 10.2. The van der Waals surface area contributed by atoms with E-state index < -0.39 is 15.6 Å². The maximum Gasteiger partial charge on any atom is 0.264 e. The van der Waals surface area contributed by atoms with E-state index in [0.717, 1.165) is 11.0 Å². The predicted molar refractivity (Wildman–Crippen MR) is 142 cm³/mol. The van der Waals surface area contributed by atoms with Crippen molar-refractivity contribution in [3.63, 3.8) is 0 Å². The van der Waals surface area contributed by atoms with Crippen LogP contribution in [0.15, 0.2) is 83.9 Å². The van der Waals surface area contributed by atoms with Crippen molar-refractivity contribution in [3.8, 4) is 0 Å². The first-order valence-corrected chi connectivity index (χ1v) is 13.4. The molecule has 36 heavy (non-hydrogen) atoms. The number of anilines is 1. The van der Waals surface area contributed by atoms with Gasteiger partial charge in [-0.25, -0.2) is 8.42 Å². The van der Waals surface area contributed by atoms with E-state index >= 15 is 0 Å². The first-order chi connectivity index (χ1) is 17.1. The summed E-state index contributed by atoms with van der Waals surface area (Å²) in [5, 5.41) is 11.6. The second-order valence-electron chi connectivity index (χ2n) is 9.41. The number of aromatic nitrogens is 1. The zero-order valence-corrected chi connectivity index (χ0v) is 21.4. The average Bonchev–Trinajstić information content (AvgIpc) is 2.84. The first-order valence-electron chi connectivity index (χ1n) is 11.9. The fourth-order valence-corrected chi connectivity index (χ4v) is 5.98. The Morgan fingerprint density at radius 1 is 1.19 bits per heavy atom. The highest BCUT2D eigenvalue weighted by Gasteiger charge is 2.34. The Balaban J connectivity index is 1.47. The van der Waals surface area contributed by atoms with E-state index in [0.29, 0.717) is 54.7 Å². The van der Waals surface area contributed by atoms with E-state index in [1.54, 1.807) is 54.4 Å². The SMILES string of the molecule is C=C/C=C(\C)CC1(O)CCN(C(=O)c2ccc(NS(=O)(=O)c3cccc4cccnc34)c(C)c2)CC1. The number of benzene rings is 2. The summed E-state index contributed by atoms with van der Waals surface area (Å²) in [4.78, 5) is 19.2. The van der Waals surface area contributed by atoms with Gasteiger partial charge in [0.15, 0.2) is 0 Å². The molecule has 7 nitrogen and oxygen atoms in total. The number of carbonyl (C=O) groups excluding carboxylic acids is 1. The molecule has 1 amide bonds. The molecule has 2 aromatic carbocycles. The molecule has 0 bridgehead atoms. The highest BCUT2D eigenvalue weighted by atomic mass is 32.2. The topological polar surface area (TPSA) is 99.6 Å². The lowest BCUT2D eigenvalue weighted by Crippen LogP contribution is -2.46. The number of aryl methyl sites for hydroxylation is 1. The molecule has 1 aliphatic rings. The van der Waals surface area contributed by atoms with Gasteiger partial charge in [-0.2, -0.15) is 0 Å². The number of nitrogens with zero attached hydrogens (tertiary/aromatic N) is 2. The van der Waals surface area contributed by atoms with Crippen LogP contribution in [0.3, 0.4) is 0 Å². The van der Waals surface area contributed by atoms with Crippen molar-refractivity contribution >= 4 is 32.5 Å². The molecule has 1 saturated heterocycles. The Kier molecular flexibility index (Phi) is 7.28. The predicted octanol–water partition coefficient (Wildman–Crippen LogP) is 4.83. The smallest absolute Gasteiger partial charge is 0.264 e. The summed E-state index contributed by atoms with van der Waals surface area (Å²) < 4.78 is 28.9. The Hall–Kier alpha value is -3.49. The summed E-state index contributed by atoms with van der Waals surface area (Å²) >= 11 is 0. The molecule has 1 fully saturated rings. The first kappa shape index (κ1) is 25.6. The number of amides is 1. The molecular weight excluding hydrogens is 474 g/mol. The van der Waals surface area contributed by atoms with Crippen LogP contribution in [-0.4, -0.2) is 48.0 Å². The third-order valence-electron chi connectivity index (χ3n) is 6.59. The van der Waals surface area contributed by atoms with Crippen LogP contribution in [0.2, 0.25) is 0 Å². The number of hydrogen-bond acceptors (Lipinski definition) is 5. The van der Waals surface area contributed by atoms with Crippen molar-refractivity contribution in [2.45, 2.75) is 43.6 Å². The lowest BCUT2D eigenvalue weighted by Gasteiger charge is -2.38. The molecule has 0 saturated carbocycles. The van der Waals surface area contributed by atoms with Gasteiger partial charge < -0.3 is 10.0 Å². The minimum absolute atomic E-state index is 0.0964. The maximum absolute atomic E-state index is 13.2. The van der Waals surface area contributed by atoms with Crippen LogP contribution in [0.5, 0.6) is 0 Å². The summed E-state index contributed by atoms with van der Waals surface area (Å²) in [7, 11) is -3.89. The van der Waals surface area contributed by atoms with Crippen LogP contribution in [-0.2, 0) is 10.0 Å². The summed E-state index contributed by atoms with van der Waals surface area (Å²) in [6, 6.07) is 13.5. The van der Waals surface area contributed by atoms with E-state index in [9.17, 15) is 18.3 Å². The Bertz CT molecular complexity index is 1430. The lowest BCUT2D eigenvalue weighted by molar-refractivity contribution is -0.0161. The number of pyridine rings is 1. The molecule has 1 aliphatic heterocycles. The van der Waals surface area contributed by atoms with Crippen molar-refractivity contribution in [2.75, 3.05) is 17.8 Å². The number of sulfonamides is 1. The van der Waals surface area contributed by atoms with Gasteiger partial charge >= 0.3 is 0 Å². The Morgan fingerprint density at radius 3 is 2.61 bits per heavy atom. The number of likely N-dealkylation sites (tertiary alicyclic amines) is 1. The van der Waals surface area contributed by atoms with Crippen LogP contribution in [0, 0.1) is 6.92 Å². The fourth-order valence-electron chi connectivity index (χ4n) is 4.67. The largest absolute Gasteiger partial charge is 0.389 e. The number of nitrogens with one attached hydrogen (secondary N) is 1. The monoisotopic (exact) mass is 505 g/mol. The fraction of sp³-hybridized carbons (Fsp3) is 0.286. The molecule has 0 aliphatic carbocycles. The van der Waals surface area contributed by atoms with Gasteiger partial charge in [-0.1, -0.05) is 42.5 Å². The zero-order chi connectivity index (χ0) is 25.9. The third kappa shape index (κ3) is 5.50. The minimum Gasteiger partial charge on any atom is -0.389 e. The van der Waals surface area contributed by atoms with Crippen LogP contribution in [0.4, 0.5) is 5.69 Å². The van der Waals surface area contributed by atoms with Crippen molar-refractivity contribution in [1.29, 1.82) is 0 Å². The molecule has 0 radical (unpaired) electrons. The third-order valence-corrected chi connectivity index (χ3v) is 7.99. The molecule has 8 heteroatoms. The van der Waals surface area contributed by atoms with Gasteiger partial charge in [0.25, 0.3) is 15.9 Å². The normalized spacial score (nSPS) is 16.1. The van der Waals surface area contributed by atoms with E-state index in [1.165, 1.54) is 6.07 Å². The number of rotatable bonds is 7. The highest BCUT2D eigenvalue weighted by molar-refractivity contribution is 7.93. The summed E-state index contributed by atoms with van der Waals surface area (Å²) in [6.07, 6.45) is 6.72. The minimum atomic E-state index is -3.89. The number of hydrogen-bond donors (Lipinski definition) is 2. The summed E-state index contributed by atoms with van der Waals surface area (Å²) in [5.74, 6) is -0.133. The van der Waals surface area contributed by atoms with Gasteiger partial charge in [-0.15, -0.1) is 0 Å². The van der Waals surface area contributed by atoms with Gasteiger partial charge in [0.05, 0.1) is 16.8 Å². The quantitative estimate of drug-likeness (QED) is 0.448. The standard InChI is InChI=1S/C28H31N3O4S/c1-4-7-20(2)19-28(33)13-16-31(17-14-28)27(32)23-11-12-24(21(3)18-23)30-36(34,35)25-10-5-8-22-9-6-15-29-26(22)25/h4-12,15,18,30,33H,1,13-14,16-17,19H2,2-3H3/b20-7+. The number of carbonyl (C=O) groups is 1. The molecule has 0 spiro atoms. The van der Waals surface area contributed by atoms with Gasteiger partial charge in [0.1, 0.15) is 4.90 Å². The molecule has 0 atom stereocenters. The number of piperidine rings is 1. The van der Waals surface area contributed by atoms with E-state index in [2.05, 4.69) is 16.3 Å². The van der Waals surface area contributed by atoms with Gasteiger partial charge in [-0.3, -0.25) is 14.5 Å². The van der Waals surface area contributed by atoms with Crippen LogP contribution in [0.25, 0.3) is 10.9 Å². The van der Waals surface area contributed by atoms with Crippen molar-refractivity contribution in [2.24, 2.45) is 0 Å². The average molecular weight is 506 g/mol. The van der Waals surface area contributed by atoms with E-state index in [-0.39, 0.29) is 10.8 Å². The number of fused-ring (bicyclic) bond motifs is 1. The molecule has 0 unspecified atom stereocenters. The molecule has 188 valence electrons. The van der Waals surface area contributed by atoms with E-state index in [4.69, 9.17) is 0 Å². The Labute approximate surface area is 212 Å². The molecule has 4 rings (SSSR count). The van der Waals surface area contributed by atoms with Crippen LogP contribution >= 0.6 is 0 Å². The molecule has 2 heterocycles. The van der Waals surface area contributed by atoms with Crippen molar-refractivity contribution < 1.29 is 18.3 Å². The number of allylic oxidation sites excluding steroid dienone is 2. The maximum atomic E-state index is 13.2. The summed E-state index contributed by atoms with van der Waals surface area (Å²) in [6.45, 7) is 8.34. The Morgan fingerprint density at radius 2 is 1.92 bits per heavy atom. The molecule has 3 aromatic rings. The van der Waals surface area contributed by atoms with E-state index in [1.807, 2.05) is 25.1 Å². The van der Waals surface area contributed by atoms with Gasteiger partial charge in [0.2, 0.25) is 0 Å². The molecule has 2 N–H and O–H groups in total.